The molecule has 1 saturated heterocycles. The van der Waals surface area contributed by atoms with Crippen LogP contribution in [0.25, 0.3) is 0 Å². The Morgan fingerprint density at radius 3 is 2.50 bits per heavy atom. The molecule has 10 heteroatoms. The number of carbonyl (C=O) groups is 1. The average Bonchev–Trinajstić information content (AvgIpc) is 3.49. The molecule has 6 rings (SSSR count). The van der Waals surface area contributed by atoms with Gasteiger partial charge in [0.2, 0.25) is 0 Å². The maximum atomic E-state index is 14.2. The molecule has 4 atom stereocenters. The molecular formula is C32H42Cl3FN4O2. The van der Waals surface area contributed by atoms with Gasteiger partial charge in [-0.3, -0.25) is 14.9 Å². The number of hydrogen-bond acceptors (Lipinski definition) is 4. The van der Waals surface area contributed by atoms with E-state index < -0.39 is 5.97 Å². The Morgan fingerprint density at radius 2 is 1.83 bits per heavy atom. The van der Waals surface area contributed by atoms with Crippen molar-refractivity contribution >= 4 is 43.2 Å². The third-order valence-electron chi connectivity index (χ3n) is 9.46. The van der Waals surface area contributed by atoms with Crippen LogP contribution in [-0.4, -0.2) is 50.8 Å². The highest BCUT2D eigenvalue weighted by Gasteiger charge is 2.43. The first-order valence-electron chi connectivity index (χ1n) is 14.7. The Hall–Kier alpha value is -2.19. The molecule has 3 unspecified atom stereocenters. The fourth-order valence-corrected chi connectivity index (χ4v) is 7.20. The summed E-state index contributed by atoms with van der Waals surface area (Å²) in [6.07, 6.45) is 11.5. The van der Waals surface area contributed by atoms with Crippen molar-refractivity contribution in [2.45, 2.75) is 63.2 Å². The maximum Gasteiger partial charge on any atom is 0.306 e. The van der Waals surface area contributed by atoms with Gasteiger partial charge in [0.05, 0.1) is 11.6 Å². The molecule has 2 saturated carbocycles. The predicted octanol–water partition coefficient (Wildman–Crippen LogP) is 7.29. The number of aliphatic carboxylic acids is 1. The molecule has 0 bridgehead atoms. The fourth-order valence-electron chi connectivity index (χ4n) is 7.20. The number of hydrogen-bond donors (Lipinski definition) is 2. The molecule has 3 aliphatic rings. The summed E-state index contributed by atoms with van der Waals surface area (Å²) in [4.78, 5) is 19.0. The lowest BCUT2D eigenvalue weighted by atomic mass is 9.85. The van der Waals surface area contributed by atoms with Gasteiger partial charge < -0.3 is 10.0 Å². The van der Waals surface area contributed by atoms with Crippen LogP contribution in [0.2, 0.25) is 0 Å². The van der Waals surface area contributed by atoms with E-state index in [4.69, 9.17) is 0 Å². The van der Waals surface area contributed by atoms with Crippen LogP contribution >= 0.6 is 37.2 Å². The Labute approximate surface area is 266 Å². The summed E-state index contributed by atoms with van der Waals surface area (Å²) in [5, 5.41) is 17.9. The monoisotopic (exact) mass is 638 g/mol. The quantitative estimate of drug-likeness (QED) is 0.244. The largest absolute Gasteiger partial charge is 0.481 e. The minimum Gasteiger partial charge on any atom is -0.481 e. The second kappa shape index (κ2) is 15.5. The van der Waals surface area contributed by atoms with Crippen LogP contribution in [0.3, 0.4) is 0 Å². The number of nitrogens with zero attached hydrogens (tertiary/aromatic N) is 3. The zero-order chi connectivity index (χ0) is 26.8. The lowest BCUT2D eigenvalue weighted by molar-refractivity contribution is -0.144. The second-order valence-electron chi connectivity index (χ2n) is 12.2. The first-order valence-corrected chi connectivity index (χ1v) is 14.7. The number of aromatic nitrogens is 3. The van der Waals surface area contributed by atoms with Gasteiger partial charge >= 0.3 is 5.97 Å². The highest BCUT2D eigenvalue weighted by Crippen LogP contribution is 2.49. The molecule has 2 N–H and O–H groups in total. The van der Waals surface area contributed by atoms with E-state index in [1.165, 1.54) is 24.6 Å². The summed E-state index contributed by atoms with van der Waals surface area (Å²) >= 11 is 0. The van der Waals surface area contributed by atoms with Gasteiger partial charge in [0, 0.05) is 37.0 Å². The summed E-state index contributed by atoms with van der Waals surface area (Å²) in [6.45, 7) is 2.99. The summed E-state index contributed by atoms with van der Waals surface area (Å²) in [7, 11) is 0. The van der Waals surface area contributed by atoms with E-state index in [0.717, 1.165) is 75.0 Å². The Bertz CT molecular complexity index is 1270. The van der Waals surface area contributed by atoms with E-state index in [1.54, 1.807) is 18.3 Å². The van der Waals surface area contributed by atoms with Crippen molar-refractivity contribution in [3.05, 3.63) is 83.2 Å². The Balaban J connectivity index is 0.00000161. The second-order valence-corrected chi connectivity index (χ2v) is 12.2. The molecule has 1 aliphatic heterocycles. The highest BCUT2D eigenvalue weighted by molar-refractivity contribution is 5.86. The number of carboxylic acids is 1. The van der Waals surface area contributed by atoms with E-state index >= 15 is 0 Å². The summed E-state index contributed by atoms with van der Waals surface area (Å²) < 4.78 is 14.2. The number of benzene rings is 1. The van der Waals surface area contributed by atoms with Gasteiger partial charge in [-0.25, -0.2) is 4.39 Å². The molecule has 3 heterocycles. The highest BCUT2D eigenvalue weighted by atomic mass is 35.5. The minimum absolute atomic E-state index is 0. The van der Waals surface area contributed by atoms with E-state index in [2.05, 4.69) is 32.2 Å². The van der Waals surface area contributed by atoms with Crippen molar-refractivity contribution in [2.24, 2.45) is 23.7 Å². The topological polar surface area (TPSA) is 82.1 Å². The van der Waals surface area contributed by atoms with Gasteiger partial charge in [0.15, 0.2) is 0 Å². The van der Waals surface area contributed by atoms with Crippen LogP contribution in [0.4, 0.5) is 4.39 Å². The summed E-state index contributed by atoms with van der Waals surface area (Å²) in [6, 6.07) is 13.2. The predicted molar refractivity (Wildman–Crippen MR) is 170 cm³/mol. The molecule has 3 fully saturated rings. The molecule has 1 aromatic carbocycles. The molecular weight excluding hydrogens is 598 g/mol. The van der Waals surface area contributed by atoms with Crippen LogP contribution in [0.1, 0.15) is 79.3 Å². The van der Waals surface area contributed by atoms with E-state index in [-0.39, 0.29) is 60.8 Å². The van der Waals surface area contributed by atoms with E-state index in [0.29, 0.717) is 17.8 Å². The first-order chi connectivity index (χ1) is 19.0. The minimum atomic E-state index is -0.645. The van der Waals surface area contributed by atoms with Crippen LogP contribution < -0.4 is 0 Å². The van der Waals surface area contributed by atoms with Gasteiger partial charge in [0.25, 0.3) is 0 Å². The number of carboxylic acid groups (broad SMARTS) is 1. The third kappa shape index (κ3) is 8.46. The molecule has 230 valence electrons. The maximum absolute atomic E-state index is 14.2. The molecule has 3 aromatic rings. The lowest BCUT2D eigenvalue weighted by Gasteiger charge is -2.34. The first kappa shape index (κ1) is 34.3. The normalized spacial score (nSPS) is 23.3. The van der Waals surface area contributed by atoms with Crippen molar-refractivity contribution in [1.29, 1.82) is 0 Å². The van der Waals surface area contributed by atoms with Crippen LogP contribution in [0.5, 0.6) is 0 Å². The molecule has 2 aromatic heterocycles. The number of likely N-dealkylation sites (tertiary alicyclic amines) is 1. The number of halogens is 4. The molecule has 0 spiro atoms. The van der Waals surface area contributed by atoms with Crippen molar-refractivity contribution in [2.75, 3.05) is 19.6 Å². The smallest absolute Gasteiger partial charge is 0.306 e. The molecule has 6 nitrogen and oxygen atoms in total. The van der Waals surface area contributed by atoms with Gasteiger partial charge in [-0.15, -0.1) is 37.2 Å². The van der Waals surface area contributed by atoms with Crippen molar-refractivity contribution in [3.8, 4) is 0 Å². The molecule has 0 amide bonds. The fraction of sp³-hybridized carbons (Fsp3) is 0.531. The van der Waals surface area contributed by atoms with Gasteiger partial charge in [-0.1, -0.05) is 31.0 Å². The SMILES string of the molecule is Cl.Cl.Cl.O=C(O)[C@@H](CC1CC1)C1CC(CN2CCC(c3cc(Cc4cccnc4)n[nH]3)CC2)C(c2cccc(F)c2)C1. The standard InChI is InChI=1S/C32H39FN4O2.3ClH/c33-27-5-1-4-24(16-27)29-17-25(30(32(38)39)14-21-6-7-21)15-26(29)20-37-11-8-23(9-12-37)31-18-28(35-36-31)13-22-3-2-10-34-19-22;;;/h1-5,10,16,18-19,21,23,25-26,29-30H,6-9,11-15,17,20H2,(H,35,36)(H,38,39);3*1H/t25?,26?,29?,30-;;;/m0.../s1. The number of nitrogens with one attached hydrogen (secondary N) is 1. The molecule has 0 radical (unpaired) electrons. The number of pyridine rings is 1. The summed E-state index contributed by atoms with van der Waals surface area (Å²) in [5.74, 6) is 0.679. The number of rotatable bonds is 10. The Morgan fingerprint density at radius 1 is 1.05 bits per heavy atom. The number of H-pyrrole nitrogens is 1. The summed E-state index contributed by atoms with van der Waals surface area (Å²) in [5.41, 5.74) is 4.47. The number of piperidine rings is 1. The Kier molecular flexibility index (Phi) is 12.7. The molecule has 42 heavy (non-hydrogen) atoms. The van der Waals surface area contributed by atoms with Gasteiger partial charge in [0.1, 0.15) is 5.82 Å². The molecule has 2 aliphatic carbocycles. The average molecular weight is 640 g/mol. The van der Waals surface area contributed by atoms with Gasteiger partial charge in [-0.2, -0.15) is 5.10 Å². The van der Waals surface area contributed by atoms with Crippen molar-refractivity contribution < 1.29 is 14.3 Å². The van der Waals surface area contributed by atoms with Crippen molar-refractivity contribution in [3.63, 3.8) is 0 Å². The number of aromatic amines is 1. The van der Waals surface area contributed by atoms with E-state index in [9.17, 15) is 14.3 Å². The zero-order valence-electron chi connectivity index (χ0n) is 23.7. The lowest BCUT2D eigenvalue weighted by Crippen LogP contribution is -2.37. The van der Waals surface area contributed by atoms with Gasteiger partial charge in [-0.05, 0) is 104 Å². The van der Waals surface area contributed by atoms with E-state index in [1.807, 2.05) is 18.3 Å². The van der Waals surface area contributed by atoms with Crippen LogP contribution in [-0.2, 0) is 11.2 Å². The van der Waals surface area contributed by atoms with Crippen molar-refractivity contribution in [1.82, 2.24) is 20.1 Å². The zero-order valence-corrected chi connectivity index (χ0v) is 26.2. The van der Waals surface area contributed by atoms with Crippen LogP contribution in [0.15, 0.2) is 54.9 Å². The van der Waals surface area contributed by atoms with Crippen LogP contribution in [0, 0.1) is 29.5 Å². The third-order valence-corrected chi connectivity index (χ3v) is 9.46.